The molecule has 0 bridgehead atoms. The predicted molar refractivity (Wildman–Crippen MR) is 71.7 cm³/mol. The van der Waals surface area contributed by atoms with E-state index in [0.29, 0.717) is 10.6 Å². The van der Waals surface area contributed by atoms with E-state index >= 15 is 0 Å². The van der Waals surface area contributed by atoms with Crippen LogP contribution in [0.25, 0.3) is 0 Å². The van der Waals surface area contributed by atoms with Gasteiger partial charge in [0.1, 0.15) is 6.10 Å². The van der Waals surface area contributed by atoms with Crippen molar-refractivity contribution in [1.29, 1.82) is 0 Å². The number of ether oxygens (including phenoxy) is 1. The van der Waals surface area contributed by atoms with Crippen LogP contribution in [0.2, 0.25) is 5.02 Å². The van der Waals surface area contributed by atoms with Crippen LogP contribution < -0.4 is 0 Å². The average Bonchev–Trinajstić information content (AvgIpc) is 2.39. The Morgan fingerprint density at radius 3 is 2.50 bits per heavy atom. The molecule has 0 saturated heterocycles. The van der Waals surface area contributed by atoms with Crippen LogP contribution in [0.3, 0.4) is 0 Å². The predicted octanol–water partition coefficient (Wildman–Crippen LogP) is 4.26. The van der Waals surface area contributed by atoms with Gasteiger partial charge in [-0.15, -0.1) is 0 Å². The minimum atomic E-state index is -0.367. The third kappa shape index (κ3) is 3.11. The molecule has 3 heteroatoms. The van der Waals surface area contributed by atoms with Crippen LogP contribution >= 0.6 is 11.6 Å². The molecule has 0 heterocycles. The largest absolute Gasteiger partial charge is 0.454 e. The van der Waals surface area contributed by atoms with Crippen molar-refractivity contribution in [2.75, 3.05) is 0 Å². The van der Waals surface area contributed by atoms with Gasteiger partial charge < -0.3 is 4.74 Å². The Kier molecular flexibility index (Phi) is 4.00. The fourth-order valence-corrected chi connectivity index (χ4v) is 1.83. The molecule has 2 aromatic rings. The van der Waals surface area contributed by atoms with Crippen LogP contribution in [0.15, 0.2) is 54.6 Å². The van der Waals surface area contributed by atoms with Gasteiger partial charge in [0.2, 0.25) is 0 Å². The molecule has 0 N–H and O–H groups in total. The van der Waals surface area contributed by atoms with Gasteiger partial charge in [0.15, 0.2) is 0 Å². The Morgan fingerprint density at radius 2 is 1.83 bits per heavy atom. The number of hydrogen-bond acceptors (Lipinski definition) is 2. The monoisotopic (exact) mass is 260 g/mol. The summed E-state index contributed by atoms with van der Waals surface area (Å²) in [6.07, 6.45) is -0.280. The molecule has 0 amide bonds. The maximum Gasteiger partial charge on any atom is 0.338 e. The lowest BCUT2D eigenvalue weighted by molar-refractivity contribution is 0.0338. The van der Waals surface area contributed by atoms with Crippen molar-refractivity contribution in [1.82, 2.24) is 0 Å². The van der Waals surface area contributed by atoms with Gasteiger partial charge in [-0.2, -0.15) is 0 Å². The van der Waals surface area contributed by atoms with Gasteiger partial charge in [0.05, 0.1) is 5.56 Å². The summed E-state index contributed by atoms with van der Waals surface area (Å²) >= 11 is 5.83. The standard InChI is InChI=1S/C15H13ClO2/c1-11(12-6-3-2-4-7-12)18-15(17)13-8-5-9-14(16)10-13/h2-11H,1H3. The average molecular weight is 261 g/mol. The third-order valence-electron chi connectivity index (χ3n) is 2.61. The van der Waals surface area contributed by atoms with E-state index < -0.39 is 0 Å². The van der Waals surface area contributed by atoms with Gasteiger partial charge in [-0.05, 0) is 30.7 Å². The summed E-state index contributed by atoms with van der Waals surface area (Å²) in [4.78, 5) is 11.9. The second-order valence-corrected chi connectivity index (χ2v) is 4.41. The smallest absolute Gasteiger partial charge is 0.338 e. The second-order valence-electron chi connectivity index (χ2n) is 3.97. The molecule has 0 aromatic heterocycles. The van der Waals surface area contributed by atoms with Crippen molar-refractivity contribution in [3.63, 3.8) is 0 Å². The summed E-state index contributed by atoms with van der Waals surface area (Å²) in [5, 5.41) is 0.525. The summed E-state index contributed by atoms with van der Waals surface area (Å²) in [5.41, 5.74) is 1.43. The van der Waals surface area contributed by atoms with E-state index in [1.54, 1.807) is 24.3 Å². The van der Waals surface area contributed by atoms with Gasteiger partial charge >= 0.3 is 5.97 Å². The van der Waals surface area contributed by atoms with Crippen LogP contribution in [0.5, 0.6) is 0 Å². The molecular weight excluding hydrogens is 248 g/mol. The Balaban J connectivity index is 2.08. The lowest BCUT2D eigenvalue weighted by atomic mass is 10.1. The Morgan fingerprint density at radius 1 is 1.11 bits per heavy atom. The lowest BCUT2D eigenvalue weighted by Crippen LogP contribution is -2.09. The molecule has 0 spiro atoms. The highest BCUT2D eigenvalue weighted by Crippen LogP contribution is 2.19. The fourth-order valence-electron chi connectivity index (χ4n) is 1.64. The number of carbonyl (C=O) groups excluding carboxylic acids is 1. The van der Waals surface area contributed by atoms with Crippen molar-refractivity contribution in [2.24, 2.45) is 0 Å². The Labute approximate surface area is 111 Å². The van der Waals surface area contributed by atoms with Crippen molar-refractivity contribution >= 4 is 17.6 Å². The molecule has 2 aromatic carbocycles. The summed E-state index contributed by atoms with van der Waals surface area (Å²) in [6, 6.07) is 16.3. The van der Waals surface area contributed by atoms with Gasteiger partial charge in [-0.25, -0.2) is 4.79 Å². The minimum absolute atomic E-state index is 0.280. The summed E-state index contributed by atoms with van der Waals surface area (Å²) in [5.74, 6) is -0.367. The Hall–Kier alpha value is -1.80. The number of hydrogen-bond donors (Lipinski definition) is 0. The third-order valence-corrected chi connectivity index (χ3v) is 2.85. The summed E-state index contributed by atoms with van der Waals surface area (Å²) < 4.78 is 5.38. The quantitative estimate of drug-likeness (QED) is 0.771. The number of rotatable bonds is 3. The molecule has 2 rings (SSSR count). The maximum absolute atomic E-state index is 11.9. The van der Waals surface area contributed by atoms with Crippen molar-refractivity contribution in [3.8, 4) is 0 Å². The van der Waals surface area contributed by atoms with E-state index in [0.717, 1.165) is 5.56 Å². The molecule has 0 aliphatic carbocycles. The van der Waals surface area contributed by atoms with Crippen molar-refractivity contribution in [2.45, 2.75) is 13.0 Å². The molecule has 0 radical (unpaired) electrons. The summed E-state index contributed by atoms with van der Waals surface area (Å²) in [6.45, 7) is 1.85. The number of esters is 1. The molecule has 1 unspecified atom stereocenters. The highest BCUT2D eigenvalue weighted by molar-refractivity contribution is 6.30. The zero-order chi connectivity index (χ0) is 13.0. The zero-order valence-corrected chi connectivity index (χ0v) is 10.7. The minimum Gasteiger partial charge on any atom is -0.454 e. The van der Waals surface area contributed by atoms with Crippen LogP contribution in [0.4, 0.5) is 0 Å². The van der Waals surface area contributed by atoms with E-state index in [1.165, 1.54) is 0 Å². The van der Waals surface area contributed by atoms with E-state index in [4.69, 9.17) is 16.3 Å². The molecule has 0 fully saturated rings. The topological polar surface area (TPSA) is 26.3 Å². The van der Waals surface area contributed by atoms with Gasteiger partial charge in [0, 0.05) is 5.02 Å². The van der Waals surface area contributed by atoms with E-state index in [2.05, 4.69) is 0 Å². The van der Waals surface area contributed by atoms with Crippen LogP contribution in [0, 0.1) is 0 Å². The maximum atomic E-state index is 11.9. The molecule has 1 atom stereocenters. The summed E-state index contributed by atoms with van der Waals surface area (Å²) in [7, 11) is 0. The number of carbonyl (C=O) groups is 1. The van der Waals surface area contributed by atoms with E-state index in [9.17, 15) is 4.79 Å². The normalized spacial score (nSPS) is 11.9. The first-order valence-electron chi connectivity index (χ1n) is 5.68. The van der Waals surface area contributed by atoms with E-state index in [1.807, 2.05) is 37.3 Å². The second kappa shape index (κ2) is 5.69. The van der Waals surface area contributed by atoms with Crippen LogP contribution in [-0.4, -0.2) is 5.97 Å². The first-order valence-corrected chi connectivity index (χ1v) is 6.06. The number of benzene rings is 2. The van der Waals surface area contributed by atoms with E-state index in [-0.39, 0.29) is 12.1 Å². The highest BCUT2D eigenvalue weighted by atomic mass is 35.5. The molecular formula is C15H13ClO2. The zero-order valence-electron chi connectivity index (χ0n) is 9.97. The molecule has 0 aliphatic heterocycles. The van der Waals surface area contributed by atoms with Crippen molar-refractivity contribution < 1.29 is 9.53 Å². The SMILES string of the molecule is CC(OC(=O)c1cccc(Cl)c1)c1ccccc1. The molecule has 18 heavy (non-hydrogen) atoms. The highest BCUT2D eigenvalue weighted by Gasteiger charge is 2.13. The Bertz CT molecular complexity index is 537. The molecule has 92 valence electrons. The lowest BCUT2D eigenvalue weighted by Gasteiger charge is -2.13. The molecule has 0 saturated carbocycles. The first kappa shape index (κ1) is 12.7. The first-order chi connectivity index (χ1) is 8.66. The van der Waals surface area contributed by atoms with Crippen LogP contribution in [0.1, 0.15) is 28.9 Å². The van der Waals surface area contributed by atoms with Crippen LogP contribution in [-0.2, 0) is 4.74 Å². The van der Waals surface area contributed by atoms with Gasteiger partial charge in [-0.1, -0.05) is 48.0 Å². The molecule has 2 nitrogen and oxygen atoms in total. The number of halogens is 1. The fraction of sp³-hybridized carbons (Fsp3) is 0.133. The van der Waals surface area contributed by atoms with Crippen molar-refractivity contribution in [3.05, 3.63) is 70.7 Å². The van der Waals surface area contributed by atoms with Gasteiger partial charge in [-0.3, -0.25) is 0 Å². The van der Waals surface area contributed by atoms with Gasteiger partial charge in [0.25, 0.3) is 0 Å². The molecule has 0 aliphatic rings.